The van der Waals surface area contributed by atoms with Gasteiger partial charge in [0.2, 0.25) is 11.8 Å². The number of hydrogen-bond acceptors (Lipinski definition) is 7. The number of aromatic nitrogens is 2. The molecule has 3 heterocycles. The van der Waals surface area contributed by atoms with Crippen LogP contribution in [0.15, 0.2) is 26.4 Å². The number of aryl methyl sites for hydroxylation is 1. The number of piperidine rings is 1. The van der Waals surface area contributed by atoms with Crippen molar-refractivity contribution < 1.29 is 18.4 Å². The lowest BCUT2D eigenvalue weighted by Crippen LogP contribution is -2.44. The van der Waals surface area contributed by atoms with Crippen LogP contribution in [0.5, 0.6) is 0 Å². The summed E-state index contributed by atoms with van der Waals surface area (Å²) in [6.45, 7) is 2.84. The molecule has 0 unspecified atom stereocenters. The summed E-state index contributed by atoms with van der Waals surface area (Å²) in [5.74, 6) is 0.562. The summed E-state index contributed by atoms with van der Waals surface area (Å²) in [7, 11) is 0. The number of nitrogens with zero attached hydrogens (tertiary/aromatic N) is 3. The number of hydrogen-bond donors (Lipinski definition) is 1. The van der Waals surface area contributed by atoms with E-state index in [1.807, 2.05) is 0 Å². The van der Waals surface area contributed by atoms with Crippen LogP contribution in [0.1, 0.15) is 18.6 Å². The lowest BCUT2D eigenvalue weighted by Gasteiger charge is -2.31. The maximum atomic E-state index is 12.3. The number of rotatable bonds is 5. The molecule has 2 aromatic rings. The van der Waals surface area contributed by atoms with E-state index < -0.39 is 0 Å². The minimum absolute atomic E-state index is 0.0646. The van der Waals surface area contributed by atoms with Crippen LogP contribution in [0.25, 0.3) is 11.5 Å². The molecule has 0 aromatic carbocycles. The second-order valence-corrected chi connectivity index (χ2v) is 6.56. The van der Waals surface area contributed by atoms with Gasteiger partial charge in [-0.05, 0) is 25.8 Å². The highest BCUT2D eigenvalue weighted by Crippen LogP contribution is 2.26. The van der Waals surface area contributed by atoms with Crippen molar-refractivity contribution in [2.24, 2.45) is 11.7 Å². The molecule has 0 saturated carbocycles. The van der Waals surface area contributed by atoms with Crippen molar-refractivity contribution in [3.63, 3.8) is 0 Å². The van der Waals surface area contributed by atoms with Crippen molar-refractivity contribution in [2.75, 3.05) is 18.8 Å². The number of carbonyl (C=O) groups is 2. The molecule has 8 nitrogen and oxygen atoms in total. The van der Waals surface area contributed by atoms with E-state index in [2.05, 4.69) is 10.2 Å². The summed E-state index contributed by atoms with van der Waals surface area (Å²) in [5.41, 5.74) is 6.07. The molecule has 2 aromatic heterocycles. The molecule has 24 heavy (non-hydrogen) atoms. The minimum atomic E-state index is -0.350. The molecule has 1 fully saturated rings. The van der Waals surface area contributed by atoms with Crippen molar-refractivity contribution in [3.05, 3.63) is 18.1 Å². The predicted molar refractivity (Wildman–Crippen MR) is 86.0 cm³/mol. The Kier molecular flexibility index (Phi) is 4.89. The Labute approximate surface area is 142 Å². The second kappa shape index (κ2) is 7.08. The first-order chi connectivity index (χ1) is 11.5. The molecule has 2 N–H and O–H groups in total. The lowest BCUT2D eigenvalue weighted by atomic mass is 9.97. The number of carbonyl (C=O) groups excluding carboxylic acids is 2. The third kappa shape index (κ3) is 3.61. The number of nitrogens with two attached hydrogens (primary N) is 1. The highest BCUT2D eigenvalue weighted by atomic mass is 32.2. The van der Waals surface area contributed by atoms with Gasteiger partial charge in [-0.3, -0.25) is 9.59 Å². The van der Waals surface area contributed by atoms with Crippen LogP contribution < -0.4 is 5.73 Å². The standard InChI is InChI=1S/C15H18N4O4S/c1-9-11(4-6-22-9)14-17-18-15(23-14)24-8-12(20)19-5-2-3-10(7-19)13(16)21/h4,6,10H,2-3,5,7-8H2,1H3,(H2,16,21)/t10-/m1/s1. The SMILES string of the molecule is Cc1occc1-c1nnc(SCC(=O)N2CCC[C@@H](C(N)=O)C2)o1. The molecule has 1 aliphatic rings. The zero-order valence-corrected chi connectivity index (χ0v) is 14.0. The zero-order valence-electron chi connectivity index (χ0n) is 13.2. The monoisotopic (exact) mass is 350 g/mol. The van der Waals surface area contributed by atoms with Crippen molar-refractivity contribution in [1.82, 2.24) is 15.1 Å². The predicted octanol–water partition coefficient (Wildman–Crippen LogP) is 1.45. The number of thioether (sulfide) groups is 1. The van der Waals surface area contributed by atoms with Crippen molar-refractivity contribution in [1.29, 1.82) is 0 Å². The Bertz CT molecular complexity index is 741. The fourth-order valence-corrected chi connectivity index (χ4v) is 3.30. The summed E-state index contributed by atoms with van der Waals surface area (Å²) >= 11 is 1.18. The fourth-order valence-electron chi connectivity index (χ4n) is 2.63. The van der Waals surface area contributed by atoms with Crippen LogP contribution in [0.4, 0.5) is 0 Å². The topological polar surface area (TPSA) is 115 Å². The number of likely N-dealkylation sites (tertiary alicyclic amines) is 1. The van der Waals surface area contributed by atoms with Gasteiger partial charge in [-0.2, -0.15) is 0 Å². The van der Waals surface area contributed by atoms with E-state index in [9.17, 15) is 9.59 Å². The van der Waals surface area contributed by atoms with Gasteiger partial charge in [-0.15, -0.1) is 10.2 Å². The molecule has 9 heteroatoms. The van der Waals surface area contributed by atoms with Gasteiger partial charge in [0.05, 0.1) is 23.5 Å². The van der Waals surface area contributed by atoms with Gasteiger partial charge in [0.1, 0.15) is 5.76 Å². The van der Waals surface area contributed by atoms with E-state index in [0.29, 0.717) is 30.0 Å². The van der Waals surface area contributed by atoms with E-state index in [0.717, 1.165) is 18.4 Å². The van der Waals surface area contributed by atoms with Crippen LogP contribution >= 0.6 is 11.8 Å². The molecular weight excluding hydrogens is 332 g/mol. The molecule has 128 valence electrons. The zero-order chi connectivity index (χ0) is 17.1. The van der Waals surface area contributed by atoms with Gasteiger partial charge in [0, 0.05) is 13.1 Å². The molecular formula is C15H18N4O4S. The molecule has 1 atom stereocenters. The van der Waals surface area contributed by atoms with Crippen molar-refractivity contribution >= 4 is 23.6 Å². The van der Waals surface area contributed by atoms with Gasteiger partial charge in [0.25, 0.3) is 11.1 Å². The Morgan fingerprint density at radius 3 is 3.00 bits per heavy atom. The highest BCUT2D eigenvalue weighted by Gasteiger charge is 2.27. The normalized spacial score (nSPS) is 17.9. The van der Waals surface area contributed by atoms with Gasteiger partial charge in [0.15, 0.2) is 0 Å². The molecule has 0 spiro atoms. The molecule has 2 amide bonds. The summed E-state index contributed by atoms with van der Waals surface area (Å²) in [6, 6.07) is 1.75. The van der Waals surface area contributed by atoms with Crippen molar-refractivity contribution in [3.8, 4) is 11.5 Å². The van der Waals surface area contributed by atoms with Gasteiger partial charge < -0.3 is 19.5 Å². The first-order valence-electron chi connectivity index (χ1n) is 7.62. The number of amides is 2. The first-order valence-corrected chi connectivity index (χ1v) is 8.61. The third-order valence-corrected chi connectivity index (χ3v) is 4.79. The Morgan fingerprint density at radius 1 is 1.46 bits per heavy atom. The summed E-state index contributed by atoms with van der Waals surface area (Å²) in [6.07, 6.45) is 3.08. The first kappa shape index (κ1) is 16.6. The third-order valence-electron chi connectivity index (χ3n) is 3.99. The molecule has 1 aliphatic heterocycles. The van der Waals surface area contributed by atoms with Gasteiger partial charge in [-0.25, -0.2) is 0 Å². The van der Waals surface area contributed by atoms with Gasteiger partial charge >= 0.3 is 0 Å². The summed E-state index contributed by atoms with van der Waals surface area (Å²) < 4.78 is 10.7. The summed E-state index contributed by atoms with van der Waals surface area (Å²) in [4.78, 5) is 25.2. The average molecular weight is 350 g/mol. The number of furan rings is 1. The smallest absolute Gasteiger partial charge is 0.277 e. The second-order valence-electron chi connectivity index (χ2n) is 5.63. The van der Waals surface area contributed by atoms with Gasteiger partial charge in [-0.1, -0.05) is 11.8 Å². The Balaban J connectivity index is 1.56. The molecule has 3 rings (SSSR count). The quantitative estimate of drug-likeness (QED) is 0.811. The average Bonchev–Trinajstić information content (AvgIpc) is 3.21. The summed E-state index contributed by atoms with van der Waals surface area (Å²) in [5, 5.41) is 8.22. The maximum absolute atomic E-state index is 12.3. The maximum Gasteiger partial charge on any atom is 0.277 e. The molecule has 0 bridgehead atoms. The van der Waals surface area contributed by atoms with Crippen LogP contribution in [0.3, 0.4) is 0 Å². The Hall–Kier alpha value is -2.29. The van der Waals surface area contributed by atoms with E-state index in [1.165, 1.54) is 11.8 Å². The van der Waals surface area contributed by atoms with E-state index in [1.54, 1.807) is 24.2 Å². The van der Waals surface area contributed by atoms with Crippen LogP contribution in [-0.2, 0) is 9.59 Å². The van der Waals surface area contributed by atoms with E-state index in [-0.39, 0.29) is 23.5 Å². The molecule has 1 saturated heterocycles. The fraction of sp³-hybridized carbons (Fsp3) is 0.467. The molecule has 0 aliphatic carbocycles. The van der Waals surface area contributed by atoms with Crippen LogP contribution in [0.2, 0.25) is 0 Å². The lowest BCUT2D eigenvalue weighted by molar-refractivity contribution is -0.132. The molecule has 0 radical (unpaired) electrons. The number of primary amides is 1. The Morgan fingerprint density at radius 2 is 2.29 bits per heavy atom. The van der Waals surface area contributed by atoms with Crippen molar-refractivity contribution in [2.45, 2.75) is 25.0 Å². The minimum Gasteiger partial charge on any atom is -0.469 e. The highest BCUT2D eigenvalue weighted by molar-refractivity contribution is 7.99. The van der Waals surface area contributed by atoms with Crippen LogP contribution in [-0.4, -0.2) is 45.8 Å². The van der Waals surface area contributed by atoms with Crippen LogP contribution in [0, 0.1) is 12.8 Å². The van der Waals surface area contributed by atoms with E-state index in [4.69, 9.17) is 14.6 Å². The van der Waals surface area contributed by atoms with E-state index >= 15 is 0 Å². The largest absolute Gasteiger partial charge is 0.469 e.